The highest BCUT2D eigenvalue weighted by atomic mass is 32.2. The molecule has 1 aromatic rings. The molecular weight excluding hydrogens is 206 g/mol. The van der Waals surface area contributed by atoms with Crippen molar-refractivity contribution in [1.29, 1.82) is 0 Å². The van der Waals surface area contributed by atoms with Gasteiger partial charge in [-0.25, -0.2) is 12.7 Å². The summed E-state index contributed by atoms with van der Waals surface area (Å²) in [5, 5.41) is 0. The topological polar surface area (TPSA) is 37.4 Å². The first-order valence-corrected chi connectivity index (χ1v) is 5.55. The zero-order valence-electron chi connectivity index (χ0n) is 7.43. The van der Waals surface area contributed by atoms with E-state index in [1.807, 2.05) is 0 Å². The average Bonchev–Trinajstić information content (AvgIpc) is 2.04. The quantitative estimate of drug-likeness (QED) is 0.756. The van der Waals surface area contributed by atoms with Crippen LogP contribution in [0, 0.1) is 0 Å². The number of sulfonamides is 1. The molecule has 0 aliphatic carbocycles. The molecule has 1 aromatic carbocycles. The summed E-state index contributed by atoms with van der Waals surface area (Å²) in [6.07, 6.45) is 0. The Balaban J connectivity index is 3.24. The Hall–Kier alpha value is -0.520. The summed E-state index contributed by atoms with van der Waals surface area (Å²) < 4.78 is 24.3. The molecule has 13 heavy (non-hydrogen) atoms. The number of nitrogens with zero attached hydrogens (tertiary/aromatic N) is 1. The van der Waals surface area contributed by atoms with Crippen LogP contribution >= 0.6 is 12.6 Å². The Kier molecular flexibility index (Phi) is 3.00. The summed E-state index contributed by atoms with van der Waals surface area (Å²) in [5.41, 5.74) is 0. The molecule has 0 spiro atoms. The highest BCUT2D eigenvalue weighted by molar-refractivity contribution is 7.89. The standard InChI is InChI=1S/C8H11NO2S2/c1-9(2)13(10,11)8-5-3-4-7(12)6-8/h3-6,12H,1-2H3. The molecule has 0 aliphatic rings. The summed E-state index contributed by atoms with van der Waals surface area (Å²) in [7, 11) is -0.314. The van der Waals surface area contributed by atoms with Crippen LogP contribution in [0.15, 0.2) is 34.1 Å². The van der Waals surface area contributed by atoms with Crippen molar-refractivity contribution < 1.29 is 8.42 Å². The van der Waals surface area contributed by atoms with E-state index in [9.17, 15) is 8.42 Å². The minimum absolute atomic E-state index is 0.269. The average molecular weight is 217 g/mol. The fraction of sp³-hybridized carbons (Fsp3) is 0.250. The van der Waals surface area contributed by atoms with Crippen LogP contribution in [0.25, 0.3) is 0 Å². The highest BCUT2D eigenvalue weighted by Gasteiger charge is 2.16. The molecule has 1 rings (SSSR count). The molecule has 0 N–H and O–H groups in total. The molecule has 0 saturated heterocycles. The van der Waals surface area contributed by atoms with Crippen LogP contribution in [0.2, 0.25) is 0 Å². The minimum Gasteiger partial charge on any atom is -0.207 e. The van der Waals surface area contributed by atoms with Gasteiger partial charge >= 0.3 is 0 Å². The second kappa shape index (κ2) is 3.69. The fourth-order valence-electron chi connectivity index (χ4n) is 0.855. The van der Waals surface area contributed by atoms with Crippen molar-refractivity contribution in [1.82, 2.24) is 4.31 Å². The molecule has 0 bridgehead atoms. The van der Waals surface area contributed by atoms with Crippen LogP contribution in [0.3, 0.4) is 0 Å². The van der Waals surface area contributed by atoms with Gasteiger partial charge in [0.2, 0.25) is 10.0 Å². The van der Waals surface area contributed by atoms with Gasteiger partial charge in [-0.3, -0.25) is 0 Å². The molecule has 0 atom stereocenters. The maximum atomic E-state index is 11.6. The van der Waals surface area contributed by atoms with Gasteiger partial charge in [0.1, 0.15) is 0 Å². The molecule has 3 nitrogen and oxygen atoms in total. The van der Waals surface area contributed by atoms with E-state index in [2.05, 4.69) is 12.6 Å². The van der Waals surface area contributed by atoms with Crippen LogP contribution in [0.4, 0.5) is 0 Å². The van der Waals surface area contributed by atoms with Crippen molar-refractivity contribution in [2.24, 2.45) is 0 Å². The van der Waals surface area contributed by atoms with E-state index >= 15 is 0 Å². The Morgan fingerprint density at radius 2 is 1.92 bits per heavy atom. The van der Waals surface area contributed by atoms with Crippen LogP contribution < -0.4 is 0 Å². The molecule has 0 saturated carbocycles. The number of rotatable bonds is 2. The highest BCUT2D eigenvalue weighted by Crippen LogP contribution is 2.16. The van der Waals surface area contributed by atoms with E-state index in [1.165, 1.54) is 24.5 Å². The lowest BCUT2D eigenvalue weighted by molar-refractivity contribution is 0.520. The molecule has 0 radical (unpaired) electrons. The molecule has 72 valence electrons. The third-order valence-electron chi connectivity index (χ3n) is 1.60. The van der Waals surface area contributed by atoms with E-state index in [1.54, 1.807) is 18.2 Å². The first-order valence-electron chi connectivity index (χ1n) is 3.66. The third kappa shape index (κ3) is 2.24. The molecule has 0 unspecified atom stereocenters. The smallest absolute Gasteiger partial charge is 0.207 e. The Morgan fingerprint density at radius 1 is 1.31 bits per heavy atom. The zero-order chi connectivity index (χ0) is 10.1. The summed E-state index contributed by atoms with van der Waals surface area (Å²) >= 11 is 4.07. The molecule has 0 heterocycles. The second-order valence-electron chi connectivity index (χ2n) is 2.78. The Morgan fingerprint density at radius 3 is 2.38 bits per heavy atom. The van der Waals surface area contributed by atoms with Gasteiger partial charge in [0.15, 0.2) is 0 Å². The maximum Gasteiger partial charge on any atom is 0.242 e. The number of hydrogen-bond donors (Lipinski definition) is 1. The number of benzene rings is 1. The van der Waals surface area contributed by atoms with E-state index < -0.39 is 10.0 Å². The molecule has 0 amide bonds. The molecule has 0 fully saturated rings. The van der Waals surface area contributed by atoms with Gasteiger partial charge < -0.3 is 0 Å². The first kappa shape index (κ1) is 10.6. The summed E-state index contributed by atoms with van der Waals surface area (Å²) in [6, 6.07) is 6.48. The van der Waals surface area contributed by atoms with Crippen LogP contribution in [-0.2, 0) is 10.0 Å². The van der Waals surface area contributed by atoms with Crippen LogP contribution in [0.1, 0.15) is 0 Å². The Bertz CT molecular complexity index is 398. The lowest BCUT2D eigenvalue weighted by Crippen LogP contribution is -2.22. The van der Waals surface area contributed by atoms with Gasteiger partial charge in [0.25, 0.3) is 0 Å². The minimum atomic E-state index is -3.31. The third-order valence-corrected chi connectivity index (χ3v) is 3.69. The lowest BCUT2D eigenvalue weighted by atomic mass is 10.4. The van der Waals surface area contributed by atoms with E-state index in [0.717, 1.165) is 0 Å². The van der Waals surface area contributed by atoms with Gasteiger partial charge in [0, 0.05) is 19.0 Å². The Labute approximate surface area is 83.8 Å². The number of thiol groups is 1. The van der Waals surface area contributed by atoms with Crippen LogP contribution in [-0.4, -0.2) is 26.8 Å². The molecular formula is C8H11NO2S2. The molecule has 0 aliphatic heterocycles. The van der Waals surface area contributed by atoms with Gasteiger partial charge in [-0.05, 0) is 18.2 Å². The summed E-state index contributed by atoms with van der Waals surface area (Å²) in [4.78, 5) is 0.910. The second-order valence-corrected chi connectivity index (χ2v) is 5.45. The van der Waals surface area contributed by atoms with Crippen molar-refractivity contribution in [3.8, 4) is 0 Å². The predicted octanol–water partition coefficient (Wildman–Crippen LogP) is 1.23. The van der Waals surface area contributed by atoms with Gasteiger partial charge in [-0.15, -0.1) is 12.6 Å². The van der Waals surface area contributed by atoms with Crippen molar-refractivity contribution in [2.45, 2.75) is 9.79 Å². The van der Waals surface area contributed by atoms with Gasteiger partial charge in [-0.2, -0.15) is 0 Å². The first-order chi connectivity index (χ1) is 5.94. The van der Waals surface area contributed by atoms with E-state index in [-0.39, 0.29) is 4.90 Å². The van der Waals surface area contributed by atoms with Crippen molar-refractivity contribution in [3.63, 3.8) is 0 Å². The zero-order valence-corrected chi connectivity index (χ0v) is 9.14. The van der Waals surface area contributed by atoms with Gasteiger partial charge in [-0.1, -0.05) is 6.07 Å². The molecule has 5 heteroatoms. The largest absolute Gasteiger partial charge is 0.242 e. The summed E-state index contributed by atoms with van der Waals surface area (Å²) in [5.74, 6) is 0. The van der Waals surface area contributed by atoms with Crippen LogP contribution in [0.5, 0.6) is 0 Å². The maximum absolute atomic E-state index is 11.6. The van der Waals surface area contributed by atoms with Crippen molar-refractivity contribution in [3.05, 3.63) is 24.3 Å². The van der Waals surface area contributed by atoms with E-state index in [0.29, 0.717) is 4.90 Å². The fourth-order valence-corrected chi connectivity index (χ4v) is 2.12. The summed E-state index contributed by atoms with van der Waals surface area (Å²) in [6.45, 7) is 0. The van der Waals surface area contributed by atoms with Gasteiger partial charge in [0.05, 0.1) is 4.90 Å². The predicted molar refractivity (Wildman–Crippen MR) is 54.6 cm³/mol. The SMILES string of the molecule is CN(C)S(=O)(=O)c1cccc(S)c1. The lowest BCUT2D eigenvalue weighted by Gasteiger charge is -2.10. The number of hydrogen-bond acceptors (Lipinski definition) is 3. The van der Waals surface area contributed by atoms with E-state index in [4.69, 9.17) is 0 Å². The molecule has 0 aromatic heterocycles. The van der Waals surface area contributed by atoms with Crippen molar-refractivity contribution in [2.75, 3.05) is 14.1 Å². The normalized spacial score (nSPS) is 12.0. The monoisotopic (exact) mass is 217 g/mol. The van der Waals surface area contributed by atoms with Crippen molar-refractivity contribution >= 4 is 22.7 Å².